The summed E-state index contributed by atoms with van der Waals surface area (Å²) in [6, 6.07) is 9.51. The Bertz CT molecular complexity index is 669. The summed E-state index contributed by atoms with van der Waals surface area (Å²) >= 11 is 6.35. The first kappa shape index (κ1) is 14.5. The number of hydrogen-bond donors (Lipinski definition) is 0. The molecule has 2 unspecified atom stereocenters. The molecule has 1 aliphatic rings. The van der Waals surface area contributed by atoms with Crippen LogP contribution in [0.3, 0.4) is 0 Å². The van der Waals surface area contributed by atoms with Crippen LogP contribution in [0.25, 0.3) is 0 Å². The predicted molar refractivity (Wildman–Crippen MR) is 76.9 cm³/mol. The Hall–Kier alpha value is -1.48. The average Bonchev–Trinajstić information content (AvgIpc) is 2.50. The van der Waals surface area contributed by atoms with Crippen LogP contribution in [0.1, 0.15) is 28.5 Å². The van der Waals surface area contributed by atoms with E-state index in [1.165, 1.54) is 11.1 Å². The van der Waals surface area contributed by atoms with E-state index >= 15 is 0 Å². The second-order valence-corrected chi connectivity index (χ2v) is 5.93. The number of aryl methyl sites for hydroxylation is 1. The molecule has 3 rings (SSSR count). The lowest BCUT2D eigenvalue weighted by atomic mass is 9.80. The molecule has 2 aromatic carbocycles. The molecule has 4 heteroatoms. The van der Waals surface area contributed by atoms with Gasteiger partial charge in [-0.2, -0.15) is 0 Å². The quantitative estimate of drug-likeness (QED) is 0.529. The van der Waals surface area contributed by atoms with Gasteiger partial charge < -0.3 is 0 Å². The lowest BCUT2D eigenvalue weighted by Gasteiger charge is -2.28. The summed E-state index contributed by atoms with van der Waals surface area (Å²) in [4.78, 5) is 0. The van der Waals surface area contributed by atoms with Gasteiger partial charge in [0.15, 0.2) is 11.6 Å². The number of halogens is 4. The van der Waals surface area contributed by atoms with E-state index in [2.05, 4.69) is 6.07 Å². The molecular weight excluding hydrogens is 297 g/mol. The van der Waals surface area contributed by atoms with Gasteiger partial charge in [0.25, 0.3) is 0 Å². The Balaban J connectivity index is 1.87. The Morgan fingerprint density at radius 1 is 0.952 bits per heavy atom. The zero-order valence-corrected chi connectivity index (χ0v) is 12.0. The van der Waals surface area contributed by atoms with E-state index in [0.717, 1.165) is 25.3 Å². The van der Waals surface area contributed by atoms with Gasteiger partial charge in [-0.25, -0.2) is 13.2 Å². The van der Waals surface area contributed by atoms with E-state index < -0.39 is 22.8 Å². The molecule has 0 heterocycles. The van der Waals surface area contributed by atoms with Gasteiger partial charge >= 0.3 is 0 Å². The van der Waals surface area contributed by atoms with Crippen molar-refractivity contribution >= 4 is 11.6 Å². The molecule has 0 aromatic heterocycles. The van der Waals surface area contributed by atoms with E-state index in [0.29, 0.717) is 6.07 Å². The van der Waals surface area contributed by atoms with Gasteiger partial charge in [0, 0.05) is 11.6 Å². The molecule has 2 atom stereocenters. The third-order valence-corrected chi connectivity index (χ3v) is 4.73. The SMILES string of the molecule is Fc1cc(F)c(C(Cl)C2CCc3ccccc3C2)cc1F. The number of fused-ring (bicyclic) bond motifs is 1. The van der Waals surface area contributed by atoms with Gasteiger partial charge in [0.05, 0.1) is 5.38 Å². The maximum Gasteiger partial charge on any atom is 0.161 e. The number of alkyl halides is 1. The molecule has 0 N–H and O–H groups in total. The molecule has 110 valence electrons. The number of rotatable bonds is 2. The average molecular weight is 311 g/mol. The molecule has 0 spiro atoms. The van der Waals surface area contributed by atoms with Gasteiger partial charge in [-0.05, 0) is 42.4 Å². The molecular formula is C17H14ClF3. The number of benzene rings is 2. The summed E-state index contributed by atoms with van der Waals surface area (Å²) in [5.74, 6) is -3.02. The highest BCUT2D eigenvalue weighted by Crippen LogP contribution is 2.39. The lowest BCUT2D eigenvalue weighted by Crippen LogP contribution is -2.19. The third-order valence-electron chi connectivity index (χ3n) is 4.14. The Morgan fingerprint density at radius 3 is 2.38 bits per heavy atom. The van der Waals surface area contributed by atoms with E-state index in [9.17, 15) is 13.2 Å². The fourth-order valence-corrected chi connectivity index (χ4v) is 3.36. The topological polar surface area (TPSA) is 0 Å². The highest BCUT2D eigenvalue weighted by Gasteiger charge is 2.28. The standard InChI is InChI=1S/C17H14ClF3/c18-17(13-8-15(20)16(21)9-14(13)19)12-6-5-10-3-1-2-4-11(10)7-12/h1-4,8-9,12,17H,5-7H2. The first-order chi connectivity index (χ1) is 10.1. The summed E-state index contributed by atoms with van der Waals surface area (Å²) in [6.45, 7) is 0. The molecule has 21 heavy (non-hydrogen) atoms. The minimum atomic E-state index is -1.19. The maximum absolute atomic E-state index is 13.8. The van der Waals surface area contributed by atoms with E-state index in [1.807, 2.05) is 18.2 Å². The molecule has 0 saturated heterocycles. The van der Waals surface area contributed by atoms with Crippen LogP contribution in [-0.2, 0) is 12.8 Å². The molecule has 0 bridgehead atoms. The minimum absolute atomic E-state index is 0.0147. The molecule has 1 aliphatic carbocycles. The van der Waals surface area contributed by atoms with Gasteiger partial charge in [0.1, 0.15) is 5.82 Å². The molecule has 0 aliphatic heterocycles. The minimum Gasteiger partial charge on any atom is -0.207 e. The first-order valence-electron chi connectivity index (χ1n) is 6.91. The Kier molecular flexibility index (Phi) is 3.94. The van der Waals surface area contributed by atoms with Crippen LogP contribution in [-0.4, -0.2) is 0 Å². The summed E-state index contributed by atoms with van der Waals surface area (Å²) in [5.41, 5.74) is 2.52. The fourth-order valence-electron chi connectivity index (χ4n) is 2.98. The zero-order chi connectivity index (χ0) is 15.0. The third kappa shape index (κ3) is 2.80. The fraction of sp³-hybridized carbons (Fsp3) is 0.294. The van der Waals surface area contributed by atoms with Gasteiger partial charge in [-0.3, -0.25) is 0 Å². The summed E-state index contributed by atoms with van der Waals surface area (Å²) < 4.78 is 40.2. The highest BCUT2D eigenvalue weighted by atomic mass is 35.5. The van der Waals surface area contributed by atoms with Gasteiger partial charge in [-0.15, -0.1) is 11.6 Å². The summed E-state index contributed by atoms with van der Waals surface area (Å²) in [5, 5.41) is -0.659. The molecule has 0 amide bonds. The predicted octanol–water partition coefficient (Wildman–Crippen LogP) is 5.19. The van der Waals surface area contributed by atoms with Crippen LogP contribution in [0.15, 0.2) is 36.4 Å². The highest BCUT2D eigenvalue weighted by molar-refractivity contribution is 6.21. The van der Waals surface area contributed by atoms with E-state index in [1.54, 1.807) is 0 Å². The Morgan fingerprint density at radius 2 is 1.62 bits per heavy atom. The van der Waals surface area contributed by atoms with Gasteiger partial charge in [-0.1, -0.05) is 24.3 Å². The van der Waals surface area contributed by atoms with Crippen LogP contribution >= 0.6 is 11.6 Å². The molecule has 0 saturated carbocycles. The van der Waals surface area contributed by atoms with Crippen LogP contribution in [0.4, 0.5) is 13.2 Å². The van der Waals surface area contributed by atoms with Crippen LogP contribution in [0.5, 0.6) is 0 Å². The number of hydrogen-bond acceptors (Lipinski definition) is 0. The molecule has 0 nitrogen and oxygen atoms in total. The van der Waals surface area contributed by atoms with E-state index in [-0.39, 0.29) is 11.5 Å². The Labute approximate surface area is 126 Å². The van der Waals surface area contributed by atoms with Crippen LogP contribution < -0.4 is 0 Å². The van der Waals surface area contributed by atoms with Crippen LogP contribution in [0.2, 0.25) is 0 Å². The van der Waals surface area contributed by atoms with Crippen LogP contribution in [0, 0.1) is 23.4 Å². The van der Waals surface area contributed by atoms with Crippen molar-refractivity contribution in [3.05, 3.63) is 70.5 Å². The summed E-state index contributed by atoms with van der Waals surface area (Å²) in [7, 11) is 0. The molecule has 0 radical (unpaired) electrons. The second-order valence-electron chi connectivity index (χ2n) is 5.46. The van der Waals surface area contributed by atoms with Gasteiger partial charge in [0.2, 0.25) is 0 Å². The van der Waals surface area contributed by atoms with Crippen molar-refractivity contribution in [2.75, 3.05) is 0 Å². The normalized spacial score (nSPS) is 19.1. The van der Waals surface area contributed by atoms with E-state index in [4.69, 9.17) is 11.6 Å². The van der Waals surface area contributed by atoms with Crippen molar-refractivity contribution in [1.82, 2.24) is 0 Å². The monoisotopic (exact) mass is 310 g/mol. The second kappa shape index (κ2) is 5.72. The van der Waals surface area contributed by atoms with Crippen molar-refractivity contribution in [2.45, 2.75) is 24.6 Å². The van der Waals surface area contributed by atoms with Crippen molar-refractivity contribution in [1.29, 1.82) is 0 Å². The molecule has 0 fully saturated rings. The van der Waals surface area contributed by atoms with Crippen molar-refractivity contribution in [3.63, 3.8) is 0 Å². The molecule has 2 aromatic rings. The maximum atomic E-state index is 13.8. The van der Waals surface area contributed by atoms with Crippen molar-refractivity contribution < 1.29 is 13.2 Å². The smallest absolute Gasteiger partial charge is 0.161 e. The largest absolute Gasteiger partial charge is 0.207 e. The summed E-state index contributed by atoms with van der Waals surface area (Å²) in [6.07, 6.45) is 2.40. The first-order valence-corrected chi connectivity index (χ1v) is 7.35. The van der Waals surface area contributed by atoms with Crippen molar-refractivity contribution in [3.8, 4) is 0 Å². The lowest BCUT2D eigenvalue weighted by molar-refractivity contribution is 0.426. The van der Waals surface area contributed by atoms with Crippen molar-refractivity contribution in [2.24, 2.45) is 5.92 Å². The zero-order valence-electron chi connectivity index (χ0n) is 11.3.